The van der Waals surface area contributed by atoms with Crippen molar-refractivity contribution in [2.75, 3.05) is 20.8 Å². The van der Waals surface area contributed by atoms with Crippen molar-refractivity contribution >= 4 is 10.0 Å². The molecule has 0 aliphatic heterocycles. The number of aliphatic hydroxyl groups is 1. The van der Waals surface area contributed by atoms with Crippen molar-refractivity contribution in [2.24, 2.45) is 0 Å². The number of aryl methyl sites for hydroxylation is 2. The minimum Gasteiger partial charge on any atom is -0.493 e. The number of benzene rings is 2. The Morgan fingerprint density at radius 2 is 1.52 bits per heavy atom. The second-order valence-electron chi connectivity index (χ2n) is 6.57. The minimum absolute atomic E-state index is 0.149. The van der Waals surface area contributed by atoms with Crippen LogP contribution in [0, 0.1) is 27.7 Å². The van der Waals surface area contributed by atoms with Gasteiger partial charge in [0.2, 0.25) is 10.0 Å². The lowest BCUT2D eigenvalue weighted by Gasteiger charge is -2.18. The van der Waals surface area contributed by atoms with Gasteiger partial charge < -0.3 is 14.6 Å². The van der Waals surface area contributed by atoms with E-state index in [9.17, 15) is 13.5 Å². The first-order chi connectivity index (χ1) is 12.6. The highest BCUT2D eigenvalue weighted by atomic mass is 32.2. The molecule has 27 heavy (non-hydrogen) atoms. The zero-order valence-corrected chi connectivity index (χ0v) is 17.4. The molecule has 2 N–H and O–H groups in total. The Morgan fingerprint density at radius 1 is 0.963 bits per heavy atom. The smallest absolute Gasteiger partial charge is 0.241 e. The van der Waals surface area contributed by atoms with Crippen LogP contribution in [-0.4, -0.2) is 34.3 Å². The van der Waals surface area contributed by atoms with E-state index in [1.165, 1.54) is 14.2 Å². The summed E-state index contributed by atoms with van der Waals surface area (Å²) in [5.41, 5.74) is 3.79. The molecule has 148 valence electrons. The van der Waals surface area contributed by atoms with E-state index < -0.39 is 16.1 Å². The third-order valence-electron chi connectivity index (χ3n) is 4.83. The molecule has 6 nitrogen and oxygen atoms in total. The Morgan fingerprint density at radius 3 is 2.04 bits per heavy atom. The van der Waals surface area contributed by atoms with Crippen LogP contribution in [0.3, 0.4) is 0 Å². The maximum absolute atomic E-state index is 12.9. The molecular formula is C20H27NO5S. The van der Waals surface area contributed by atoms with Crippen molar-refractivity contribution < 1.29 is 23.0 Å². The Bertz CT molecular complexity index is 912. The third-order valence-corrected chi connectivity index (χ3v) is 6.52. The maximum Gasteiger partial charge on any atom is 0.241 e. The highest BCUT2D eigenvalue weighted by molar-refractivity contribution is 7.89. The predicted octanol–water partition coefficient (Wildman–Crippen LogP) is 2.95. The maximum atomic E-state index is 12.9. The van der Waals surface area contributed by atoms with Gasteiger partial charge in [0.05, 0.1) is 25.2 Å². The highest BCUT2D eigenvalue weighted by Crippen LogP contribution is 2.30. The monoisotopic (exact) mass is 393 g/mol. The van der Waals surface area contributed by atoms with Gasteiger partial charge in [-0.05, 0) is 67.6 Å². The zero-order chi connectivity index (χ0) is 20.4. The fourth-order valence-corrected chi connectivity index (χ4v) is 4.67. The summed E-state index contributed by atoms with van der Waals surface area (Å²) in [6.45, 7) is 7.21. The summed E-state index contributed by atoms with van der Waals surface area (Å²) in [6.07, 6.45) is -1.02. The molecular weight excluding hydrogens is 366 g/mol. The molecule has 0 amide bonds. The fourth-order valence-electron chi connectivity index (χ4n) is 3.02. The summed E-state index contributed by atoms with van der Waals surface area (Å²) >= 11 is 0. The lowest BCUT2D eigenvalue weighted by atomic mass is 10.0. The molecule has 0 fully saturated rings. The van der Waals surface area contributed by atoms with E-state index in [1.54, 1.807) is 32.0 Å². The number of methoxy groups -OCH3 is 2. The summed E-state index contributed by atoms with van der Waals surface area (Å²) in [4.78, 5) is 0.277. The SMILES string of the molecule is COc1ccc(C(O)CNS(=O)(=O)c2c(C)c(C)cc(C)c2C)cc1OC. The standard InChI is InChI=1S/C20H27NO5S/c1-12-9-13(2)15(4)20(14(12)3)27(23,24)21-11-17(22)16-7-8-18(25-5)19(10-16)26-6/h7-10,17,21-22H,11H2,1-6H3. The van der Waals surface area contributed by atoms with E-state index >= 15 is 0 Å². The van der Waals surface area contributed by atoms with Crippen molar-refractivity contribution in [3.05, 3.63) is 52.1 Å². The molecule has 0 radical (unpaired) electrons. The van der Waals surface area contributed by atoms with Crippen LogP contribution in [0.25, 0.3) is 0 Å². The number of aliphatic hydroxyl groups excluding tert-OH is 1. The average Bonchev–Trinajstić information content (AvgIpc) is 2.64. The van der Waals surface area contributed by atoms with Crippen LogP contribution >= 0.6 is 0 Å². The molecule has 2 aromatic carbocycles. The van der Waals surface area contributed by atoms with Crippen LogP contribution in [0.15, 0.2) is 29.2 Å². The second-order valence-corrected chi connectivity index (χ2v) is 8.28. The van der Waals surface area contributed by atoms with Crippen molar-refractivity contribution in [2.45, 2.75) is 38.7 Å². The third kappa shape index (κ3) is 4.43. The topological polar surface area (TPSA) is 84.9 Å². The number of nitrogens with one attached hydrogen (secondary N) is 1. The van der Waals surface area contributed by atoms with Crippen molar-refractivity contribution in [1.29, 1.82) is 0 Å². The summed E-state index contributed by atoms with van der Waals surface area (Å²) in [6, 6.07) is 6.95. The van der Waals surface area contributed by atoms with Crippen LogP contribution in [0.4, 0.5) is 0 Å². The lowest BCUT2D eigenvalue weighted by Crippen LogP contribution is -2.30. The van der Waals surface area contributed by atoms with Gasteiger partial charge in [0.25, 0.3) is 0 Å². The molecule has 0 heterocycles. The number of hydrogen-bond acceptors (Lipinski definition) is 5. The Hall–Kier alpha value is -2.09. The molecule has 2 aromatic rings. The average molecular weight is 394 g/mol. The van der Waals surface area contributed by atoms with E-state index in [1.807, 2.05) is 19.9 Å². The van der Waals surface area contributed by atoms with E-state index in [0.717, 1.165) is 11.1 Å². The number of ether oxygens (including phenoxy) is 2. The van der Waals surface area contributed by atoms with Gasteiger partial charge in [-0.3, -0.25) is 0 Å². The molecule has 1 unspecified atom stereocenters. The molecule has 0 aliphatic carbocycles. The van der Waals surface area contributed by atoms with Crippen LogP contribution in [-0.2, 0) is 10.0 Å². The summed E-state index contributed by atoms with van der Waals surface area (Å²) < 4.78 is 38.7. The lowest BCUT2D eigenvalue weighted by molar-refractivity contribution is 0.181. The van der Waals surface area contributed by atoms with Gasteiger partial charge in [0, 0.05) is 6.54 Å². The van der Waals surface area contributed by atoms with Crippen molar-refractivity contribution in [3.63, 3.8) is 0 Å². The molecule has 0 spiro atoms. The number of sulfonamides is 1. The summed E-state index contributed by atoms with van der Waals surface area (Å²) in [5, 5.41) is 10.4. The second kappa shape index (κ2) is 8.29. The molecule has 7 heteroatoms. The first-order valence-electron chi connectivity index (χ1n) is 8.59. The minimum atomic E-state index is -3.76. The Balaban J connectivity index is 2.26. The molecule has 0 aliphatic rings. The van der Waals surface area contributed by atoms with Crippen LogP contribution in [0.5, 0.6) is 11.5 Å². The van der Waals surface area contributed by atoms with E-state index in [0.29, 0.717) is 28.2 Å². The van der Waals surface area contributed by atoms with Gasteiger partial charge in [-0.15, -0.1) is 0 Å². The van der Waals surface area contributed by atoms with Gasteiger partial charge in [-0.1, -0.05) is 12.1 Å². The highest BCUT2D eigenvalue weighted by Gasteiger charge is 2.23. The van der Waals surface area contributed by atoms with Crippen LogP contribution in [0.1, 0.15) is 33.9 Å². The first kappa shape index (κ1) is 21.2. The van der Waals surface area contributed by atoms with Crippen molar-refractivity contribution in [1.82, 2.24) is 4.72 Å². The molecule has 0 bridgehead atoms. The molecule has 0 saturated heterocycles. The van der Waals surface area contributed by atoms with Gasteiger partial charge >= 0.3 is 0 Å². The van der Waals surface area contributed by atoms with Gasteiger partial charge in [0.15, 0.2) is 11.5 Å². The number of hydrogen-bond donors (Lipinski definition) is 2. The molecule has 0 saturated carbocycles. The van der Waals surface area contributed by atoms with Crippen molar-refractivity contribution in [3.8, 4) is 11.5 Å². The Labute approximate surface area is 161 Å². The number of rotatable bonds is 7. The molecule has 2 rings (SSSR count). The zero-order valence-electron chi connectivity index (χ0n) is 16.6. The fraction of sp³-hybridized carbons (Fsp3) is 0.400. The Kier molecular flexibility index (Phi) is 6.51. The quantitative estimate of drug-likeness (QED) is 0.755. The van der Waals surface area contributed by atoms with E-state index in [4.69, 9.17) is 9.47 Å². The summed E-state index contributed by atoms with van der Waals surface area (Å²) in [5.74, 6) is 1.01. The molecule has 0 aromatic heterocycles. The van der Waals surface area contributed by atoms with Gasteiger partial charge in [0.1, 0.15) is 0 Å². The normalized spacial score (nSPS) is 12.7. The first-order valence-corrected chi connectivity index (χ1v) is 10.1. The van der Waals surface area contributed by atoms with Gasteiger partial charge in [-0.25, -0.2) is 13.1 Å². The van der Waals surface area contributed by atoms with Gasteiger partial charge in [-0.2, -0.15) is 0 Å². The predicted molar refractivity (Wildman–Crippen MR) is 105 cm³/mol. The van der Waals surface area contributed by atoms with E-state index in [-0.39, 0.29) is 11.4 Å². The largest absolute Gasteiger partial charge is 0.493 e. The van der Waals surface area contributed by atoms with Crippen LogP contribution in [0.2, 0.25) is 0 Å². The molecule has 1 atom stereocenters. The summed E-state index contributed by atoms with van der Waals surface area (Å²) in [7, 11) is -0.737. The van der Waals surface area contributed by atoms with Crippen LogP contribution < -0.4 is 14.2 Å². The van der Waals surface area contributed by atoms with E-state index in [2.05, 4.69) is 4.72 Å².